The maximum Gasteiger partial charge on any atom is 0.156 e. The van der Waals surface area contributed by atoms with Crippen LogP contribution >= 0.6 is 0 Å². The molecule has 2 saturated heterocycles. The number of nitrogens with two attached hydrogens (primary N) is 2. The number of amidine groups is 2. The topological polar surface area (TPSA) is 186 Å². The zero-order chi connectivity index (χ0) is 45.4. The maximum absolute atomic E-state index is 6.64. The number of benzene rings is 2. The molecule has 0 bridgehead atoms. The molecule has 4 N–H and O–H groups in total. The average molecular weight is 907 g/mol. The summed E-state index contributed by atoms with van der Waals surface area (Å²) in [6.45, 7) is 6.36. The van der Waals surface area contributed by atoms with Crippen molar-refractivity contribution in [3.8, 4) is 11.5 Å². The van der Waals surface area contributed by atoms with Crippen LogP contribution in [0.1, 0.15) is 95.9 Å². The molecule has 6 aromatic rings. The van der Waals surface area contributed by atoms with Crippen molar-refractivity contribution in [3.63, 3.8) is 0 Å². The predicted molar refractivity (Wildman–Crippen MR) is 261 cm³/mol. The van der Waals surface area contributed by atoms with Crippen LogP contribution in [0.4, 0.5) is 23.0 Å². The van der Waals surface area contributed by atoms with Gasteiger partial charge in [-0.1, -0.05) is 36.4 Å². The van der Waals surface area contributed by atoms with E-state index in [-0.39, 0.29) is 23.3 Å². The molecule has 68 heavy (non-hydrogen) atoms. The Kier molecular flexibility index (Phi) is 9.89. The van der Waals surface area contributed by atoms with Crippen molar-refractivity contribution in [3.05, 3.63) is 143 Å². The van der Waals surface area contributed by atoms with Gasteiger partial charge in [0.05, 0.1) is 71.7 Å². The largest absolute Gasteiger partial charge is 0.485 e. The first kappa shape index (κ1) is 41.2. The first-order valence-electron chi connectivity index (χ1n) is 24.2. The number of fused-ring (bicyclic) bond motifs is 6. The summed E-state index contributed by atoms with van der Waals surface area (Å²) in [5.41, 5.74) is 23.1. The molecule has 2 spiro atoms. The Morgan fingerprint density at radius 1 is 0.500 bits per heavy atom. The number of nitrogens with zero attached hydrogens (tertiary/aromatic N) is 12. The Bertz CT molecular complexity index is 2800. The molecule has 2 aromatic carbocycles. The molecule has 344 valence electrons. The maximum atomic E-state index is 6.64. The molecule has 12 heterocycles. The highest BCUT2D eigenvalue weighted by molar-refractivity contribution is 6.12. The zero-order valence-corrected chi connectivity index (χ0v) is 38.0. The molecule has 16 heteroatoms. The number of ether oxygens (including phenoxy) is 2. The van der Waals surface area contributed by atoms with Crippen molar-refractivity contribution in [1.29, 1.82) is 0 Å². The number of rotatable bonds is 2. The van der Waals surface area contributed by atoms with Crippen LogP contribution in [0.5, 0.6) is 11.5 Å². The second-order valence-electron chi connectivity index (χ2n) is 19.1. The molecular formula is C52H54N14O2. The summed E-state index contributed by atoms with van der Waals surface area (Å²) in [6.07, 6.45) is 15.1. The van der Waals surface area contributed by atoms with Crippen LogP contribution in [0.25, 0.3) is 0 Å². The van der Waals surface area contributed by atoms with Crippen LogP contribution in [0.2, 0.25) is 0 Å². The Hall–Kier alpha value is -7.04. The Labute approximate surface area is 395 Å². The molecule has 0 radical (unpaired) electrons. The summed E-state index contributed by atoms with van der Waals surface area (Å²) in [7, 11) is 0. The van der Waals surface area contributed by atoms with Gasteiger partial charge in [0.25, 0.3) is 0 Å². The lowest BCUT2D eigenvalue weighted by molar-refractivity contribution is 0.0429. The van der Waals surface area contributed by atoms with Crippen molar-refractivity contribution in [2.45, 2.75) is 87.7 Å². The van der Waals surface area contributed by atoms with Gasteiger partial charge in [-0.3, -0.25) is 20.0 Å². The van der Waals surface area contributed by atoms with Gasteiger partial charge in [0.1, 0.15) is 45.7 Å². The molecule has 2 atom stereocenters. The fourth-order valence-electron chi connectivity index (χ4n) is 11.7. The smallest absolute Gasteiger partial charge is 0.156 e. The van der Waals surface area contributed by atoms with E-state index in [2.05, 4.69) is 53.8 Å². The lowest BCUT2D eigenvalue weighted by atomic mass is 9.83. The van der Waals surface area contributed by atoms with Crippen LogP contribution < -0.4 is 40.5 Å². The molecule has 2 fully saturated rings. The molecule has 0 aliphatic carbocycles. The quantitative estimate of drug-likeness (QED) is 0.205. The van der Waals surface area contributed by atoms with Crippen LogP contribution in [-0.2, 0) is 25.9 Å². The van der Waals surface area contributed by atoms with E-state index >= 15 is 0 Å². The Morgan fingerprint density at radius 2 is 0.941 bits per heavy atom. The number of aliphatic imine (C=N–C) groups is 2. The number of piperidine rings is 2. The van der Waals surface area contributed by atoms with E-state index in [4.69, 9.17) is 50.9 Å². The van der Waals surface area contributed by atoms with Gasteiger partial charge in [0.15, 0.2) is 11.7 Å². The minimum absolute atomic E-state index is 0.0881. The van der Waals surface area contributed by atoms with Crippen LogP contribution in [0, 0.1) is 0 Å². The number of anilines is 4. The van der Waals surface area contributed by atoms with E-state index in [1.807, 2.05) is 73.3 Å². The fraction of sp³-hybridized carbons (Fsp3) is 0.385. The molecule has 8 aliphatic heterocycles. The van der Waals surface area contributed by atoms with E-state index in [1.54, 1.807) is 0 Å². The van der Waals surface area contributed by atoms with Crippen LogP contribution in [0.15, 0.2) is 108 Å². The number of hydrogen-bond acceptors (Lipinski definition) is 16. The standard InChI is InChI=1S/2C26H27N7O/c2*27-24-17-5-1-2-8-21(17)34-26(24)9-13-32(14-10-26)22-16-29-23-19(31-22)15-30-25(23)33-12-4-6-18-20(33)7-3-11-28-18/h2*1-3,5,7-8,11,16,24H,4,6,9-10,12-15,27H2/t2*24-/m10/s1. The predicted octanol–water partition coefficient (Wildman–Crippen LogP) is 6.03. The summed E-state index contributed by atoms with van der Waals surface area (Å²) >= 11 is 0. The number of aromatic nitrogens is 6. The van der Waals surface area contributed by atoms with E-state index in [0.29, 0.717) is 13.1 Å². The highest BCUT2D eigenvalue weighted by Gasteiger charge is 2.50. The summed E-state index contributed by atoms with van der Waals surface area (Å²) < 4.78 is 12.8. The van der Waals surface area contributed by atoms with Gasteiger partial charge in [-0.2, -0.15) is 0 Å². The van der Waals surface area contributed by atoms with Gasteiger partial charge in [0, 0.05) is 88.5 Å². The van der Waals surface area contributed by atoms with Gasteiger partial charge in [-0.25, -0.2) is 19.9 Å². The van der Waals surface area contributed by atoms with Gasteiger partial charge in [-0.05, 0) is 62.1 Å². The van der Waals surface area contributed by atoms with Crippen molar-refractivity contribution >= 4 is 34.7 Å². The summed E-state index contributed by atoms with van der Waals surface area (Å²) in [4.78, 5) is 47.6. The molecular weight excluding hydrogens is 853 g/mol. The normalized spacial score (nSPS) is 22.1. The highest BCUT2D eigenvalue weighted by Crippen LogP contribution is 2.49. The van der Waals surface area contributed by atoms with E-state index in [1.165, 1.54) is 0 Å². The van der Waals surface area contributed by atoms with E-state index < -0.39 is 0 Å². The van der Waals surface area contributed by atoms with Gasteiger partial charge >= 0.3 is 0 Å². The number of pyridine rings is 2. The number of para-hydroxylation sites is 2. The van der Waals surface area contributed by atoms with E-state index in [9.17, 15) is 0 Å². The number of aryl methyl sites for hydroxylation is 2. The minimum Gasteiger partial charge on any atom is -0.485 e. The zero-order valence-electron chi connectivity index (χ0n) is 38.0. The molecule has 0 amide bonds. The van der Waals surface area contributed by atoms with Gasteiger partial charge < -0.3 is 40.5 Å². The first-order chi connectivity index (χ1) is 33.4. The number of hydrogen-bond donors (Lipinski definition) is 2. The summed E-state index contributed by atoms with van der Waals surface area (Å²) in [5.74, 6) is 5.52. The molecule has 16 nitrogen and oxygen atoms in total. The van der Waals surface area contributed by atoms with Crippen molar-refractivity contribution in [2.24, 2.45) is 21.5 Å². The summed E-state index contributed by atoms with van der Waals surface area (Å²) in [6, 6.07) is 24.4. The Morgan fingerprint density at radius 3 is 1.38 bits per heavy atom. The molecule has 8 aliphatic rings. The van der Waals surface area contributed by atoms with Crippen LogP contribution in [0.3, 0.4) is 0 Å². The second-order valence-corrected chi connectivity index (χ2v) is 19.1. The second kappa shape index (κ2) is 16.3. The molecule has 0 saturated carbocycles. The fourth-order valence-corrected chi connectivity index (χ4v) is 11.7. The van der Waals surface area contributed by atoms with Crippen molar-refractivity contribution < 1.29 is 9.47 Å². The third kappa shape index (κ3) is 6.78. The SMILES string of the molecule is N[C@@H]1c2ccccc2OC12CCN(c1cnc3c(n1)CN=C3N1CCCc3ncccc31)CC2.N[C@H]1c2ccccc2OC12CCN(c1cnc3c(n1)CN=C3N1CCCc3ncccc31)CC2. The third-order valence-electron chi connectivity index (χ3n) is 15.4. The van der Waals surface area contributed by atoms with Crippen LogP contribution in [-0.4, -0.2) is 92.0 Å². The van der Waals surface area contributed by atoms with Gasteiger partial charge in [0.2, 0.25) is 0 Å². The highest BCUT2D eigenvalue weighted by atomic mass is 16.5. The molecule has 4 aromatic heterocycles. The van der Waals surface area contributed by atoms with Gasteiger partial charge in [-0.15, -0.1) is 0 Å². The lowest BCUT2D eigenvalue weighted by Crippen LogP contribution is -2.51. The average Bonchev–Trinajstić information content (AvgIpc) is 4.15. The molecule has 0 unspecified atom stereocenters. The minimum atomic E-state index is -0.323. The van der Waals surface area contributed by atoms with E-state index in [0.717, 1.165) is 182 Å². The first-order valence-corrected chi connectivity index (χ1v) is 24.2. The lowest BCUT2D eigenvalue weighted by Gasteiger charge is -2.41. The van der Waals surface area contributed by atoms with Crippen molar-refractivity contribution in [2.75, 3.05) is 58.9 Å². The van der Waals surface area contributed by atoms with Crippen molar-refractivity contribution in [1.82, 2.24) is 29.9 Å². The summed E-state index contributed by atoms with van der Waals surface area (Å²) in [5, 5.41) is 0. The monoisotopic (exact) mass is 906 g/mol. The Balaban J connectivity index is 0.000000134. The third-order valence-corrected chi connectivity index (χ3v) is 15.4. The molecule has 14 rings (SSSR count).